The van der Waals surface area contributed by atoms with Crippen LogP contribution in [0.25, 0.3) is 85.6 Å². The quantitative estimate of drug-likeness (QED) is 0.177. The summed E-state index contributed by atoms with van der Waals surface area (Å²) in [4.78, 5) is 18.2. The number of hydrogen-bond acceptors (Lipinski definition) is 7. The molecule has 296 valence electrons. The number of fused-ring (bicyclic) bond motifs is 12. The van der Waals surface area contributed by atoms with Crippen LogP contribution in [-0.4, -0.2) is 15.0 Å². The molecule has 4 saturated carbocycles. The summed E-state index contributed by atoms with van der Waals surface area (Å²) in [5, 5.41) is 4.94. The van der Waals surface area contributed by atoms with Crippen LogP contribution in [0.2, 0.25) is 0 Å². The number of ether oxygens (including phenoxy) is 1. The molecule has 10 aromatic rings. The zero-order valence-electron chi connectivity index (χ0n) is 33.6. The molecule has 0 unspecified atom stereocenters. The van der Waals surface area contributed by atoms with Crippen molar-refractivity contribution in [1.82, 2.24) is 15.0 Å². The number of aromatic nitrogens is 3. The summed E-state index contributed by atoms with van der Waals surface area (Å²) in [5.74, 6) is 6.89. The molecule has 0 saturated heterocycles. The Bertz CT molecular complexity index is 3420. The minimum absolute atomic E-state index is 0.116. The molecule has 16 rings (SSSR count). The topological polar surface area (TPSA) is 47.9 Å². The van der Waals surface area contributed by atoms with Crippen LogP contribution in [0.3, 0.4) is 0 Å². The highest BCUT2D eigenvalue weighted by Gasteiger charge is 2.62. The van der Waals surface area contributed by atoms with Crippen molar-refractivity contribution in [3.63, 3.8) is 0 Å². The third-order valence-corrected chi connectivity index (χ3v) is 18.6. The lowest BCUT2D eigenvalue weighted by molar-refractivity contribution is -0.0399. The van der Waals surface area contributed by atoms with E-state index in [1.165, 1.54) is 88.5 Å². The molecule has 4 fully saturated rings. The van der Waals surface area contributed by atoms with Gasteiger partial charge in [0.2, 0.25) is 0 Å². The summed E-state index contributed by atoms with van der Waals surface area (Å²) in [6.07, 6.45) is 6.95. The molecule has 4 heterocycles. The molecule has 0 atom stereocenters. The van der Waals surface area contributed by atoms with Gasteiger partial charge in [-0.15, -0.1) is 22.7 Å². The molecule has 0 amide bonds. The average Bonchev–Trinajstić information content (AvgIpc) is 3.97. The van der Waals surface area contributed by atoms with E-state index in [4.69, 9.17) is 19.7 Å². The first-order valence-electron chi connectivity index (χ1n) is 22.0. The maximum absolute atomic E-state index is 7.16. The minimum Gasteiger partial charge on any atom is -0.454 e. The van der Waals surface area contributed by atoms with Crippen LogP contribution >= 0.6 is 34.4 Å². The standard InChI is InChI=1S/C55H37N3OS3/c1-4-12-41-37(10-1)49-42(55(41)33-23-29-22-30(25-33)26-34(55)24-29)18-19-43-51(49)62-48-15-7-11-38(50(48)59-43)54-57-52(31-16-20-46-39(27-31)35-8-2-5-13-44(35)60-46)56-53(58-54)32-17-21-47-40(28-32)36-9-3-6-14-45(36)61-47/h1-21,27-30,33-34H,22-26H2. The van der Waals surface area contributed by atoms with Gasteiger partial charge in [0, 0.05) is 62.4 Å². The maximum Gasteiger partial charge on any atom is 0.167 e. The summed E-state index contributed by atoms with van der Waals surface area (Å²) in [6.45, 7) is 0. The summed E-state index contributed by atoms with van der Waals surface area (Å²) < 4.78 is 12.2. The lowest BCUT2D eigenvalue weighted by Gasteiger charge is -2.61. The van der Waals surface area contributed by atoms with Crippen molar-refractivity contribution in [2.75, 3.05) is 0 Å². The molecule has 6 aliphatic rings. The van der Waals surface area contributed by atoms with Gasteiger partial charge in [-0.25, -0.2) is 15.0 Å². The number of rotatable bonds is 3. The first-order chi connectivity index (χ1) is 30.6. The molecule has 4 bridgehead atoms. The van der Waals surface area contributed by atoms with E-state index < -0.39 is 0 Å². The highest BCUT2D eigenvalue weighted by atomic mass is 32.2. The Hall–Kier alpha value is -5.86. The predicted molar refractivity (Wildman–Crippen MR) is 256 cm³/mol. The lowest BCUT2D eigenvalue weighted by atomic mass is 9.43. The second-order valence-electron chi connectivity index (χ2n) is 18.3. The van der Waals surface area contributed by atoms with Crippen molar-refractivity contribution in [1.29, 1.82) is 0 Å². The second kappa shape index (κ2) is 12.6. The number of thiophene rings is 2. The van der Waals surface area contributed by atoms with Gasteiger partial charge >= 0.3 is 0 Å². The second-order valence-corrected chi connectivity index (χ2v) is 21.5. The van der Waals surface area contributed by atoms with Crippen molar-refractivity contribution in [2.45, 2.75) is 47.3 Å². The van der Waals surface area contributed by atoms with Gasteiger partial charge in [-0.05, 0) is 139 Å². The zero-order chi connectivity index (χ0) is 40.3. The third kappa shape index (κ3) is 4.71. The Morgan fingerprint density at radius 3 is 1.74 bits per heavy atom. The van der Waals surface area contributed by atoms with Gasteiger partial charge in [0.15, 0.2) is 23.2 Å². The van der Waals surface area contributed by atoms with Crippen LogP contribution in [0, 0.1) is 23.7 Å². The fourth-order valence-electron chi connectivity index (χ4n) is 13.0. The van der Waals surface area contributed by atoms with Crippen LogP contribution in [-0.2, 0) is 5.41 Å². The molecular formula is C55H37N3OS3. The Labute approximate surface area is 370 Å². The van der Waals surface area contributed by atoms with Crippen LogP contribution < -0.4 is 4.74 Å². The van der Waals surface area contributed by atoms with E-state index >= 15 is 0 Å². The summed E-state index contributed by atoms with van der Waals surface area (Å²) >= 11 is 5.51. The Kier molecular flexibility index (Phi) is 7.07. The Morgan fingerprint density at radius 2 is 1.06 bits per heavy atom. The smallest absolute Gasteiger partial charge is 0.167 e. The van der Waals surface area contributed by atoms with E-state index in [0.717, 1.165) is 56.8 Å². The molecule has 1 aliphatic heterocycles. The van der Waals surface area contributed by atoms with Crippen molar-refractivity contribution in [3.8, 4) is 56.8 Å². The van der Waals surface area contributed by atoms with Crippen LogP contribution in [0.15, 0.2) is 149 Å². The summed E-state index contributed by atoms with van der Waals surface area (Å²) in [5.41, 5.74) is 8.87. The molecule has 1 spiro atoms. The van der Waals surface area contributed by atoms with E-state index in [9.17, 15) is 0 Å². The van der Waals surface area contributed by atoms with Crippen LogP contribution in [0.1, 0.15) is 43.2 Å². The monoisotopic (exact) mass is 851 g/mol. The lowest BCUT2D eigenvalue weighted by Crippen LogP contribution is -2.55. The molecular weight excluding hydrogens is 815 g/mol. The van der Waals surface area contributed by atoms with Gasteiger partial charge in [0.1, 0.15) is 5.75 Å². The van der Waals surface area contributed by atoms with Gasteiger partial charge in [-0.2, -0.15) is 0 Å². The SMILES string of the molecule is c1ccc2c(c1)-c1c(ccc3c1Sc1cccc(-c4nc(-c5ccc6sc7ccccc7c6c5)nc(-c5ccc6sc7ccccc7c6c5)n4)c1O3)C21C2CC3CC(C2)CC1C3. The highest BCUT2D eigenvalue weighted by Crippen LogP contribution is 2.71. The van der Waals surface area contributed by atoms with Gasteiger partial charge in [-0.1, -0.05) is 84.6 Å². The normalized spacial score (nSPS) is 22.6. The number of hydrogen-bond donors (Lipinski definition) is 0. The van der Waals surface area contributed by atoms with Crippen LogP contribution in [0.5, 0.6) is 11.5 Å². The van der Waals surface area contributed by atoms with E-state index in [1.54, 1.807) is 11.1 Å². The zero-order valence-corrected chi connectivity index (χ0v) is 36.0. The fourth-order valence-corrected chi connectivity index (χ4v) is 16.3. The van der Waals surface area contributed by atoms with Gasteiger partial charge in [0.05, 0.1) is 15.4 Å². The highest BCUT2D eigenvalue weighted by molar-refractivity contribution is 7.99. The third-order valence-electron chi connectivity index (χ3n) is 15.2. The maximum atomic E-state index is 7.16. The molecule has 7 heteroatoms. The van der Waals surface area contributed by atoms with E-state index in [-0.39, 0.29) is 5.41 Å². The number of nitrogens with zero attached hydrogens (tertiary/aromatic N) is 3. The Morgan fingerprint density at radius 1 is 0.484 bits per heavy atom. The number of para-hydroxylation sites is 1. The molecule has 62 heavy (non-hydrogen) atoms. The molecule has 3 aromatic heterocycles. The first kappa shape index (κ1) is 34.7. The molecule has 7 aromatic carbocycles. The summed E-state index contributed by atoms with van der Waals surface area (Å²) in [6, 6.07) is 51.1. The largest absolute Gasteiger partial charge is 0.454 e. The van der Waals surface area contributed by atoms with Crippen LogP contribution in [0.4, 0.5) is 0 Å². The van der Waals surface area contributed by atoms with Gasteiger partial charge in [-0.3, -0.25) is 0 Å². The van der Waals surface area contributed by atoms with E-state index in [0.29, 0.717) is 17.5 Å². The first-order valence-corrected chi connectivity index (χ1v) is 24.4. The average molecular weight is 852 g/mol. The number of benzene rings is 7. The van der Waals surface area contributed by atoms with Gasteiger partial charge in [0.25, 0.3) is 0 Å². The minimum atomic E-state index is 0.116. The fraction of sp³-hybridized carbons (Fsp3) is 0.182. The van der Waals surface area contributed by atoms with Crippen molar-refractivity contribution in [3.05, 3.63) is 151 Å². The molecule has 4 nitrogen and oxygen atoms in total. The Balaban J connectivity index is 0.894. The van der Waals surface area contributed by atoms with Gasteiger partial charge < -0.3 is 4.74 Å². The summed E-state index contributed by atoms with van der Waals surface area (Å²) in [7, 11) is 0. The molecule has 0 radical (unpaired) electrons. The molecule has 5 aliphatic carbocycles. The molecule has 0 N–H and O–H groups in total. The van der Waals surface area contributed by atoms with Crippen molar-refractivity contribution >= 4 is 74.8 Å². The van der Waals surface area contributed by atoms with E-state index in [1.807, 2.05) is 34.4 Å². The van der Waals surface area contributed by atoms with E-state index in [2.05, 4.69) is 140 Å². The van der Waals surface area contributed by atoms with Crippen molar-refractivity contribution in [2.24, 2.45) is 23.7 Å². The van der Waals surface area contributed by atoms with Crippen molar-refractivity contribution < 1.29 is 4.74 Å². The predicted octanol–water partition coefficient (Wildman–Crippen LogP) is 15.6.